The summed E-state index contributed by atoms with van der Waals surface area (Å²) in [5.74, 6) is -0.0414. The highest BCUT2D eigenvalue weighted by atomic mass is 16.5. The Kier molecular flexibility index (Phi) is 6.91. The third kappa shape index (κ3) is 4.56. The van der Waals surface area contributed by atoms with Crippen molar-refractivity contribution in [2.75, 3.05) is 32.6 Å². The molecule has 3 aromatic rings. The highest BCUT2D eigenvalue weighted by molar-refractivity contribution is 5.94. The van der Waals surface area contributed by atoms with E-state index in [1.807, 2.05) is 25.3 Å². The molecule has 4 rings (SSSR count). The van der Waals surface area contributed by atoms with Gasteiger partial charge in [0.05, 0.1) is 18.8 Å². The van der Waals surface area contributed by atoms with Crippen LogP contribution in [0.4, 0.5) is 5.69 Å². The summed E-state index contributed by atoms with van der Waals surface area (Å²) in [6, 6.07) is 9.91. The molecule has 0 saturated carbocycles. The van der Waals surface area contributed by atoms with Crippen molar-refractivity contribution in [3.8, 4) is 5.75 Å². The molecule has 2 heterocycles. The van der Waals surface area contributed by atoms with Gasteiger partial charge in [0.2, 0.25) is 0 Å². The third-order valence-corrected chi connectivity index (χ3v) is 6.69. The molecule has 1 aliphatic rings. The van der Waals surface area contributed by atoms with Crippen LogP contribution in [0.15, 0.2) is 36.5 Å². The molecule has 33 heavy (non-hydrogen) atoms. The summed E-state index contributed by atoms with van der Waals surface area (Å²) in [5.41, 5.74) is 5.44. The van der Waals surface area contributed by atoms with Gasteiger partial charge < -0.3 is 24.9 Å². The zero-order valence-corrected chi connectivity index (χ0v) is 19.8. The Hall–Kier alpha value is -3.03. The summed E-state index contributed by atoms with van der Waals surface area (Å²) >= 11 is 0. The molecular weight excluding hydrogens is 418 g/mol. The molecule has 1 fully saturated rings. The van der Waals surface area contributed by atoms with Crippen LogP contribution in [-0.2, 0) is 11.3 Å². The predicted molar refractivity (Wildman–Crippen MR) is 130 cm³/mol. The predicted octanol–water partition coefficient (Wildman–Crippen LogP) is 4.97. The number of aryl methyl sites for hydroxylation is 1. The molecule has 1 aliphatic heterocycles. The van der Waals surface area contributed by atoms with Gasteiger partial charge in [0, 0.05) is 61.1 Å². The summed E-state index contributed by atoms with van der Waals surface area (Å²) in [4.78, 5) is 17.4. The molecule has 0 amide bonds. The van der Waals surface area contributed by atoms with Crippen molar-refractivity contribution < 1.29 is 19.4 Å². The second kappa shape index (κ2) is 9.85. The topological polar surface area (TPSA) is 86.8 Å². The minimum Gasteiger partial charge on any atom is -0.496 e. The van der Waals surface area contributed by atoms with Crippen molar-refractivity contribution in [1.82, 2.24) is 9.88 Å². The first kappa shape index (κ1) is 23.1. The number of hydrogen-bond donors (Lipinski definition) is 3. The van der Waals surface area contributed by atoms with E-state index < -0.39 is 5.97 Å². The molecule has 2 atom stereocenters. The molecule has 1 aromatic heterocycles. The van der Waals surface area contributed by atoms with Crippen LogP contribution in [-0.4, -0.2) is 54.4 Å². The first-order chi connectivity index (χ1) is 16.0. The third-order valence-electron chi connectivity index (χ3n) is 6.69. The Morgan fingerprint density at radius 2 is 2.12 bits per heavy atom. The van der Waals surface area contributed by atoms with E-state index in [1.165, 1.54) is 5.39 Å². The van der Waals surface area contributed by atoms with Gasteiger partial charge in [-0.25, -0.2) is 4.79 Å². The lowest BCUT2D eigenvalue weighted by Gasteiger charge is -2.40. The number of piperidine rings is 1. The number of aromatic nitrogens is 1. The maximum absolute atomic E-state index is 11.6. The molecule has 0 bridgehead atoms. The van der Waals surface area contributed by atoms with Crippen LogP contribution in [0.5, 0.6) is 5.75 Å². The van der Waals surface area contributed by atoms with Crippen LogP contribution in [0.3, 0.4) is 0 Å². The number of benzene rings is 2. The molecule has 2 aromatic carbocycles. The lowest BCUT2D eigenvalue weighted by atomic mass is 9.91. The summed E-state index contributed by atoms with van der Waals surface area (Å²) in [5, 5.41) is 13.8. The van der Waals surface area contributed by atoms with Gasteiger partial charge in [-0.3, -0.25) is 4.90 Å². The first-order valence-electron chi connectivity index (χ1n) is 11.5. The van der Waals surface area contributed by atoms with E-state index in [4.69, 9.17) is 9.47 Å². The highest BCUT2D eigenvalue weighted by Gasteiger charge is 2.32. The van der Waals surface area contributed by atoms with Crippen molar-refractivity contribution in [3.05, 3.63) is 58.8 Å². The van der Waals surface area contributed by atoms with Gasteiger partial charge in [-0.2, -0.15) is 0 Å². The average Bonchev–Trinajstić information content (AvgIpc) is 3.32. The van der Waals surface area contributed by atoms with Crippen LogP contribution in [0, 0.1) is 6.92 Å². The van der Waals surface area contributed by atoms with E-state index in [2.05, 4.69) is 34.3 Å². The number of anilines is 1. The Balaban J connectivity index is 1.73. The fourth-order valence-corrected chi connectivity index (χ4v) is 5.05. The number of ether oxygens (including phenoxy) is 2. The van der Waals surface area contributed by atoms with Crippen molar-refractivity contribution in [1.29, 1.82) is 0 Å². The molecule has 7 heteroatoms. The second-order valence-electron chi connectivity index (χ2n) is 8.59. The van der Waals surface area contributed by atoms with Crippen molar-refractivity contribution in [3.63, 3.8) is 0 Å². The number of aromatic carboxylic acids is 1. The molecule has 3 N–H and O–H groups in total. The molecule has 176 valence electrons. The van der Waals surface area contributed by atoms with Crippen LogP contribution in [0.25, 0.3) is 10.9 Å². The number of nitrogens with one attached hydrogen (secondary N) is 2. The minimum atomic E-state index is -0.933. The maximum atomic E-state index is 11.6. The summed E-state index contributed by atoms with van der Waals surface area (Å²) in [7, 11) is 3.48. The quantitative estimate of drug-likeness (QED) is 0.448. The number of rotatable bonds is 8. The van der Waals surface area contributed by atoms with E-state index in [0.717, 1.165) is 53.9 Å². The second-order valence-corrected chi connectivity index (χ2v) is 8.59. The van der Waals surface area contributed by atoms with Gasteiger partial charge >= 0.3 is 5.97 Å². The largest absolute Gasteiger partial charge is 0.496 e. The van der Waals surface area contributed by atoms with E-state index >= 15 is 0 Å². The van der Waals surface area contributed by atoms with Gasteiger partial charge in [-0.05, 0) is 62.1 Å². The molecule has 2 unspecified atom stereocenters. The number of likely N-dealkylation sites (tertiary alicyclic amines) is 1. The summed E-state index contributed by atoms with van der Waals surface area (Å²) < 4.78 is 11.8. The summed E-state index contributed by atoms with van der Waals surface area (Å²) in [6.45, 7) is 6.42. The number of carbonyl (C=O) groups is 1. The number of nitrogens with zero attached hydrogens (tertiary/aromatic N) is 1. The van der Waals surface area contributed by atoms with E-state index in [0.29, 0.717) is 12.3 Å². The number of fused-ring (bicyclic) bond motifs is 1. The highest BCUT2D eigenvalue weighted by Crippen LogP contribution is 2.38. The standard InChI is InChI=1S/C26H33N3O4/c1-5-33-18-9-11-29(15-21-19-8-10-28-25(19)16(2)12-24(21)32-4)23(14-18)17-6-7-20(26(30)31)22(13-17)27-3/h6-8,10,12-13,18,23,27-28H,5,9,11,14-15H2,1-4H3,(H,30,31). The van der Waals surface area contributed by atoms with Gasteiger partial charge in [0.15, 0.2) is 0 Å². The Morgan fingerprint density at radius 3 is 2.82 bits per heavy atom. The number of H-pyrrole nitrogens is 1. The molecule has 7 nitrogen and oxygen atoms in total. The zero-order valence-electron chi connectivity index (χ0n) is 19.8. The Bertz CT molecular complexity index is 1140. The van der Waals surface area contributed by atoms with Crippen molar-refractivity contribution >= 4 is 22.6 Å². The SMILES string of the molecule is CCOC1CCN(Cc2c(OC)cc(C)c3[nH]ccc23)C(c2ccc(C(=O)O)c(NC)c2)C1. The number of methoxy groups -OCH3 is 1. The van der Waals surface area contributed by atoms with Crippen molar-refractivity contribution in [2.45, 2.75) is 45.4 Å². The summed E-state index contributed by atoms with van der Waals surface area (Å²) in [6.07, 6.45) is 3.97. The minimum absolute atomic E-state index is 0.102. The van der Waals surface area contributed by atoms with E-state index in [1.54, 1.807) is 20.2 Å². The van der Waals surface area contributed by atoms with E-state index in [-0.39, 0.29) is 17.7 Å². The van der Waals surface area contributed by atoms with Gasteiger partial charge in [-0.1, -0.05) is 6.07 Å². The number of hydrogen-bond acceptors (Lipinski definition) is 5. The maximum Gasteiger partial charge on any atom is 0.337 e. The van der Waals surface area contributed by atoms with Crippen LogP contribution in [0.2, 0.25) is 0 Å². The van der Waals surface area contributed by atoms with Crippen LogP contribution < -0.4 is 10.1 Å². The van der Waals surface area contributed by atoms with E-state index in [9.17, 15) is 9.90 Å². The van der Waals surface area contributed by atoms with Crippen LogP contribution >= 0.6 is 0 Å². The molecule has 0 aliphatic carbocycles. The smallest absolute Gasteiger partial charge is 0.337 e. The fourth-order valence-electron chi connectivity index (χ4n) is 5.05. The number of carboxylic acid groups (broad SMARTS) is 1. The fraction of sp³-hybridized carbons (Fsp3) is 0.423. The lowest BCUT2D eigenvalue weighted by molar-refractivity contribution is -0.0138. The lowest BCUT2D eigenvalue weighted by Crippen LogP contribution is -2.39. The number of carboxylic acids is 1. The number of aromatic amines is 1. The normalized spacial score (nSPS) is 19.0. The molecule has 1 saturated heterocycles. The zero-order chi connectivity index (χ0) is 23.5. The van der Waals surface area contributed by atoms with Gasteiger partial charge in [0.1, 0.15) is 5.75 Å². The van der Waals surface area contributed by atoms with Crippen LogP contribution in [0.1, 0.15) is 52.9 Å². The van der Waals surface area contributed by atoms with Crippen molar-refractivity contribution in [2.24, 2.45) is 0 Å². The van der Waals surface area contributed by atoms with Gasteiger partial charge in [0.25, 0.3) is 0 Å². The monoisotopic (exact) mass is 451 g/mol. The van der Waals surface area contributed by atoms with Gasteiger partial charge in [-0.15, -0.1) is 0 Å². The molecular formula is C26H33N3O4. The Labute approximate surface area is 194 Å². The Morgan fingerprint density at radius 1 is 1.30 bits per heavy atom. The molecule has 0 radical (unpaired) electrons. The molecule has 0 spiro atoms. The average molecular weight is 452 g/mol. The first-order valence-corrected chi connectivity index (χ1v) is 11.5.